The maximum absolute atomic E-state index is 12.3. The number of benzene rings is 1. The van der Waals surface area contributed by atoms with Gasteiger partial charge >= 0.3 is 5.97 Å². The summed E-state index contributed by atoms with van der Waals surface area (Å²) < 4.78 is 18.0. The van der Waals surface area contributed by atoms with E-state index in [9.17, 15) is 4.79 Å². The van der Waals surface area contributed by atoms with Crippen LogP contribution in [0.4, 0.5) is 0 Å². The van der Waals surface area contributed by atoms with Gasteiger partial charge in [-0.3, -0.25) is 9.48 Å². The molecule has 1 fully saturated rings. The third-order valence-corrected chi connectivity index (χ3v) is 4.41. The molecule has 0 radical (unpaired) electrons. The molecule has 6 nitrogen and oxygen atoms in total. The summed E-state index contributed by atoms with van der Waals surface area (Å²) in [6, 6.07) is 5.61. The van der Waals surface area contributed by atoms with Gasteiger partial charge in [0, 0.05) is 19.2 Å². The molecule has 2 aromatic rings. The lowest BCUT2D eigenvalue weighted by molar-refractivity contribution is -0.150. The Labute approximate surface area is 134 Å². The second-order valence-corrected chi connectivity index (χ2v) is 6.09. The molecule has 0 N–H and O–H groups in total. The predicted molar refractivity (Wildman–Crippen MR) is 81.1 cm³/mol. The van der Waals surface area contributed by atoms with E-state index in [0.29, 0.717) is 5.75 Å². The highest BCUT2D eigenvalue weighted by molar-refractivity contribution is 5.77. The maximum atomic E-state index is 12.3. The molecule has 0 amide bonds. The molecule has 2 heterocycles. The fraction of sp³-hybridized carbons (Fsp3) is 0.412. The van der Waals surface area contributed by atoms with Gasteiger partial charge in [-0.25, -0.2) is 0 Å². The van der Waals surface area contributed by atoms with Crippen LogP contribution >= 0.6 is 0 Å². The van der Waals surface area contributed by atoms with Crippen molar-refractivity contribution >= 4 is 5.97 Å². The summed E-state index contributed by atoms with van der Waals surface area (Å²) >= 11 is 0. The standard InChI is InChI=1S/C17H18N2O4/c1-10(11-3-4-15-16(5-11)22-9-21-15)23-17(20)14-6-13(14)12-7-18-19(2)8-12/h3-5,7-8,10,13-14H,6,9H2,1-2H3/t10-,13-,14+/m1/s1. The van der Waals surface area contributed by atoms with Crippen molar-refractivity contribution in [3.05, 3.63) is 41.7 Å². The Hall–Kier alpha value is -2.50. The Morgan fingerprint density at radius 2 is 2.22 bits per heavy atom. The second kappa shape index (κ2) is 5.30. The summed E-state index contributed by atoms with van der Waals surface area (Å²) in [5.74, 6) is 1.45. The molecule has 4 rings (SSSR count). The Balaban J connectivity index is 1.39. The van der Waals surface area contributed by atoms with Crippen molar-refractivity contribution in [3.8, 4) is 11.5 Å². The molecule has 0 saturated heterocycles. The number of aryl methyl sites for hydroxylation is 1. The lowest BCUT2D eigenvalue weighted by Crippen LogP contribution is -2.11. The highest BCUT2D eigenvalue weighted by Gasteiger charge is 2.46. The average Bonchev–Trinajstić information content (AvgIpc) is 2.99. The van der Waals surface area contributed by atoms with E-state index < -0.39 is 0 Å². The van der Waals surface area contributed by atoms with Crippen molar-refractivity contribution in [2.24, 2.45) is 13.0 Å². The third-order valence-electron chi connectivity index (χ3n) is 4.41. The molecule has 1 aromatic heterocycles. The van der Waals surface area contributed by atoms with Crippen LogP contribution in [-0.4, -0.2) is 22.5 Å². The summed E-state index contributed by atoms with van der Waals surface area (Å²) in [6.07, 6.45) is 4.30. The Bertz CT molecular complexity index is 755. The monoisotopic (exact) mass is 314 g/mol. The minimum atomic E-state index is -0.313. The predicted octanol–water partition coefficient (Wildman–Crippen LogP) is 2.56. The van der Waals surface area contributed by atoms with Crippen molar-refractivity contribution < 1.29 is 19.0 Å². The van der Waals surface area contributed by atoms with E-state index >= 15 is 0 Å². The molecule has 1 aliphatic heterocycles. The zero-order valence-corrected chi connectivity index (χ0v) is 13.1. The minimum absolute atomic E-state index is 0.0596. The fourth-order valence-corrected chi connectivity index (χ4v) is 2.95. The normalized spacial score (nSPS) is 22.7. The second-order valence-electron chi connectivity index (χ2n) is 6.09. The van der Waals surface area contributed by atoms with Gasteiger partial charge in [-0.15, -0.1) is 0 Å². The molecule has 0 unspecified atom stereocenters. The van der Waals surface area contributed by atoms with Crippen LogP contribution in [0.2, 0.25) is 0 Å². The highest BCUT2D eigenvalue weighted by atomic mass is 16.7. The van der Waals surface area contributed by atoms with Crippen molar-refractivity contribution in [3.63, 3.8) is 0 Å². The summed E-state index contributed by atoms with van der Waals surface area (Å²) in [6.45, 7) is 2.11. The van der Waals surface area contributed by atoms with Crippen LogP contribution in [0.25, 0.3) is 0 Å². The van der Waals surface area contributed by atoms with E-state index in [1.807, 2.05) is 44.6 Å². The lowest BCUT2D eigenvalue weighted by Gasteiger charge is -2.14. The number of rotatable bonds is 4. The highest BCUT2D eigenvalue weighted by Crippen LogP contribution is 2.48. The minimum Gasteiger partial charge on any atom is -0.458 e. The molecule has 23 heavy (non-hydrogen) atoms. The molecule has 3 atom stereocenters. The van der Waals surface area contributed by atoms with E-state index in [0.717, 1.165) is 23.3 Å². The van der Waals surface area contributed by atoms with Crippen LogP contribution in [0.3, 0.4) is 0 Å². The first-order chi connectivity index (χ1) is 11.1. The van der Waals surface area contributed by atoms with Gasteiger partial charge in [0.15, 0.2) is 11.5 Å². The third kappa shape index (κ3) is 2.65. The van der Waals surface area contributed by atoms with Crippen molar-refractivity contribution in [2.45, 2.75) is 25.4 Å². The number of aromatic nitrogens is 2. The van der Waals surface area contributed by atoms with Gasteiger partial charge in [-0.05, 0) is 36.6 Å². The summed E-state index contributed by atoms with van der Waals surface area (Å²) in [4.78, 5) is 12.3. The number of fused-ring (bicyclic) bond motifs is 1. The van der Waals surface area contributed by atoms with E-state index in [1.165, 1.54) is 0 Å². The molecular formula is C17H18N2O4. The maximum Gasteiger partial charge on any atom is 0.310 e. The number of carbonyl (C=O) groups excluding carboxylic acids is 1. The largest absolute Gasteiger partial charge is 0.458 e. The first-order valence-corrected chi connectivity index (χ1v) is 7.70. The summed E-state index contributed by atoms with van der Waals surface area (Å²) in [7, 11) is 1.88. The number of nitrogens with zero attached hydrogens (tertiary/aromatic N) is 2. The van der Waals surface area contributed by atoms with Gasteiger partial charge in [0.1, 0.15) is 6.10 Å². The van der Waals surface area contributed by atoms with Gasteiger partial charge in [0.2, 0.25) is 6.79 Å². The number of ether oxygens (including phenoxy) is 3. The van der Waals surface area contributed by atoms with Crippen LogP contribution in [0, 0.1) is 5.92 Å². The van der Waals surface area contributed by atoms with Gasteiger partial charge in [-0.1, -0.05) is 6.07 Å². The first kappa shape index (κ1) is 14.1. The van der Waals surface area contributed by atoms with Gasteiger partial charge in [-0.2, -0.15) is 5.10 Å². The zero-order valence-electron chi connectivity index (χ0n) is 13.1. The zero-order chi connectivity index (χ0) is 16.0. The van der Waals surface area contributed by atoms with Gasteiger partial charge in [0.05, 0.1) is 12.1 Å². The lowest BCUT2D eigenvalue weighted by atomic mass is 10.1. The summed E-state index contributed by atoms with van der Waals surface area (Å²) in [5, 5.41) is 4.15. The molecular weight excluding hydrogens is 296 g/mol. The topological polar surface area (TPSA) is 62.6 Å². The van der Waals surface area contributed by atoms with Crippen LogP contribution in [0.15, 0.2) is 30.6 Å². The van der Waals surface area contributed by atoms with Gasteiger partial charge in [0.25, 0.3) is 0 Å². The summed E-state index contributed by atoms with van der Waals surface area (Å²) in [5.41, 5.74) is 2.01. The molecule has 1 aromatic carbocycles. The van der Waals surface area contributed by atoms with Crippen LogP contribution in [0.1, 0.15) is 36.5 Å². The fourth-order valence-electron chi connectivity index (χ4n) is 2.95. The number of carbonyl (C=O) groups is 1. The number of hydrogen-bond donors (Lipinski definition) is 0. The van der Waals surface area contributed by atoms with E-state index in [4.69, 9.17) is 14.2 Å². The Morgan fingerprint density at radius 1 is 1.39 bits per heavy atom. The number of esters is 1. The average molecular weight is 314 g/mol. The van der Waals surface area contributed by atoms with E-state index in [1.54, 1.807) is 4.68 Å². The van der Waals surface area contributed by atoms with Crippen LogP contribution < -0.4 is 9.47 Å². The van der Waals surface area contributed by atoms with Crippen molar-refractivity contribution in [2.75, 3.05) is 6.79 Å². The quantitative estimate of drug-likeness (QED) is 0.812. The van der Waals surface area contributed by atoms with E-state index in [-0.39, 0.29) is 30.7 Å². The number of hydrogen-bond acceptors (Lipinski definition) is 5. The molecule has 6 heteroatoms. The smallest absolute Gasteiger partial charge is 0.310 e. The van der Waals surface area contributed by atoms with Crippen molar-refractivity contribution in [1.29, 1.82) is 0 Å². The Kier molecular flexibility index (Phi) is 3.25. The van der Waals surface area contributed by atoms with Crippen molar-refractivity contribution in [1.82, 2.24) is 9.78 Å². The molecule has 0 spiro atoms. The van der Waals surface area contributed by atoms with Gasteiger partial charge < -0.3 is 14.2 Å². The van der Waals surface area contributed by atoms with Crippen LogP contribution in [-0.2, 0) is 16.6 Å². The molecule has 1 saturated carbocycles. The molecule has 1 aliphatic carbocycles. The SMILES string of the molecule is C[C@@H](OC(=O)[C@H]1C[C@@H]1c1cnn(C)c1)c1ccc2c(c1)OCO2. The van der Waals surface area contributed by atoms with E-state index in [2.05, 4.69) is 5.10 Å². The molecule has 2 aliphatic rings. The molecule has 0 bridgehead atoms. The first-order valence-electron chi connectivity index (χ1n) is 7.70. The molecule has 120 valence electrons. The van der Waals surface area contributed by atoms with Crippen LogP contribution in [0.5, 0.6) is 11.5 Å². The Morgan fingerprint density at radius 3 is 3.00 bits per heavy atom.